The molecule has 0 aliphatic carbocycles. The molecular formula is C23H19F3N2O3S. The number of aliphatic carboxylic acids is 1. The summed E-state index contributed by atoms with van der Waals surface area (Å²) in [6.07, 6.45) is -2.64. The summed E-state index contributed by atoms with van der Waals surface area (Å²) < 4.78 is 46.0. The zero-order valence-corrected chi connectivity index (χ0v) is 18.0. The smallest absolute Gasteiger partial charge is 0.416 e. The van der Waals surface area contributed by atoms with E-state index in [-0.39, 0.29) is 13.2 Å². The number of hydrogen-bond donors (Lipinski definition) is 1. The summed E-state index contributed by atoms with van der Waals surface area (Å²) in [5, 5.41) is 10.6. The maximum atomic E-state index is 12.8. The van der Waals surface area contributed by atoms with Gasteiger partial charge in [0.1, 0.15) is 23.9 Å². The second-order valence-corrected chi connectivity index (χ2v) is 8.49. The summed E-state index contributed by atoms with van der Waals surface area (Å²) in [7, 11) is 0. The summed E-state index contributed by atoms with van der Waals surface area (Å²) in [4.78, 5) is 16.4. The van der Waals surface area contributed by atoms with Crippen LogP contribution in [0.2, 0.25) is 0 Å². The van der Waals surface area contributed by atoms with Crippen LogP contribution in [0.5, 0.6) is 5.75 Å². The fourth-order valence-corrected chi connectivity index (χ4v) is 4.51. The minimum Gasteiger partial charge on any atom is -0.488 e. The van der Waals surface area contributed by atoms with Crippen LogP contribution in [0.3, 0.4) is 0 Å². The van der Waals surface area contributed by atoms with Crippen molar-refractivity contribution in [3.63, 3.8) is 0 Å². The van der Waals surface area contributed by atoms with Gasteiger partial charge in [-0.25, -0.2) is 4.98 Å². The average molecular weight is 460 g/mol. The summed E-state index contributed by atoms with van der Waals surface area (Å²) in [6.45, 7) is 3.89. The Balaban J connectivity index is 1.51. The highest BCUT2D eigenvalue weighted by Crippen LogP contribution is 2.34. The SMILES string of the molecule is Cc1nc(-c2ccc(C(F)(F)F)cc2)sc1COc1cc(C)c2c(ccn2CC(=O)O)c1. The molecule has 0 bridgehead atoms. The molecule has 32 heavy (non-hydrogen) atoms. The Morgan fingerprint density at radius 2 is 1.88 bits per heavy atom. The predicted molar refractivity (Wildman–Crippen MR) is 116 cm³/mol. The van der Waals surface area contributed by atoms with E-state index in [1.165, 1.54) is 23.5 Å². The third-order valence-corrected chi connectivity index (χ3v) is 6.23. The lowest BCUT2D eigenvalue weighted by molar-refractivity contribution is -0.138. The molecule has 166 valence electrons. The van der Waals surface area contributed by atoms with Crippen LogP contribution in [-0.2, 0) is 24.1 Å². The van der Waals surface area contributed by atoms with Gasteiger partial charge in [-0.1, -0.05) is 12.1 Å². The minimum atomic E-state index is -4.37. The van der Waals surface area contributed by atoms with E-state index in [1.54, 1.807) is 10.8 Å². The molecule has 2 aromatic carbocycles. The summed E-state index contributed by atoms with van der Waals surface area (Å²) in [6, 6.07) is 10.5. The molecule has 1 N–H and O–H groups in total. The number of ether oxygens (including phenoxy) is 1. The molecule has 0 spiro atoms. The van der Waals surface area contributed by atoms with Gasteiger partial charge in [-0.05, 0) is 49.7 Å². The van der Waals surface area contributed by atoms with Crippen molar-refractivity contribution >= 4 is 28.2 Å². The Morgan fingerprint density at radius 3 is 2.53 bits per heavy atom. The molecule has 0 saturated heterocycles. The van der Waals surface area contributed by atoms with Crippen molar-refractivity contribution in [2.24, 2.45) is 0 Å². The van der Waals surface area contributed by atoms with Gasteiger partial charge in [0.15, 0.2) is 0 Å². The Bertz CT molecular complexity index is 1290. The van der Waals surface area contributed by atoms with Gasteiger partial charge >= 0.3 is 12.1 Å². The molecule has 0 amide bonds. The molecule has 4 aromatic rings. The van der Waals surface area contributed by atoms with E-state index in [0.717, 1.165) is 39.2 Å². The Hall–Kier alpha value is -3.33. The topological polar surface area (TPSA) is 64.4 Å². The van der Waals surface area contributed by atoms with Crippen LogP contribution in [0.1, 0.15) is 21.7 Å². The molecule has 0 saturated carbocycles. The van der Waals surface area contributed by atoms with Crippen LogP contribution in [-0.4, -0.2) is 20.6 Å². The van der Waals surface area contributed by atoms with Gasteiger partial charge in [0.25, 0.3) is 0 Å². The first-order valence-corrected chi connectivity index (χ1v) is 10.5. The molecule has 0 aliphatic heterocycles. The molecule has 4 rings (SSSR count). The second-order valence-electron chi connectivity index (χ2n) is 7.41. The predicted octanol–water partition coefficient (Wildman–Crippen LogP) is 6.06. The molecule has 0 aliphatic rings. The van der Waals surface area contributed by atoms with Crippen LogP contribution in [0, 0.1) is 13.8 Å². The molecule has 2 heterocycles. The number of carboxylic acid groups (broad SMARTS) is 1. The highest BCUT2D eigenvalue weighted by Gasteiger charge is 2.30. The van der Waals surface area contributed by atoms with Crippen LogP contribution in [0.15, 0.2) is 48.7 Å². The van der Waals surface area contributed by atoms with E-state index in [4.69, 9.17) is 9.84 Å². The van der Waals surface area contributed by atoms with E-state index in [2.05, 4.69) is 4.98 Å². The van der Waals surface area contributed by atoms with Crippen LogP contribution in [0.25, 0.3) is 21.5 Å². The molecular weight excluding hydrogens is 441 g/mol. The number of thiazole rings is 1. The van der Waals surface area contributed by atoms with Crippen molar-refractivity contribution in [1.29, 1.82) is 0 Å². The maximum Gasteiger partial charge on any atom is 0.416 e. The minimum absolute atomic E-state index is 0.114. The van der Waals surface area contributed by atoms with Gasteiger partial charge in [0.05, 0.1) is 21.7 Å². The standard InChI is InChI=1S/C23H19F3N2O3S/c1-13-9-18(10-16-7-8-28(21(13)16)11-20(29)30)31-12-19-14(2)27-22(32-19)15-3-5-17(6-4-15)23(24,25)26/h3-10H,11-12H2,1-2H3,(H,29,30). The fourth-order valence-electron chi connectivity index (χ4n) is 3.53. The van der Waals surface area contributed by atoms with E-state index >= 15 is 0 Å². The van der Waals surface area contributed by atoms with Crippen LogP contribution < -0.4 is 4.74 Å². The summed E-state index contributed by atoms with van der Waals surface area (Å²) in [5.74, 6) is -0.265. The monoisotopic (exact) mass is 460 g/mol. The molecule has 0 unspecified atom stereocenters. The first-order chi connectivity index (χ1) is 15.1. The fraction of sp³-hybridized carbons (Fsp3) is 0.217. The zero-order chi connectivity index (χ0) is 23.0. The summed E-state index contributed by atoms with van der Waals surface area (Å²) in [5.41, 5.74) is 2.43. The number of carboxylic acids is 1. The van der Waals surface area contributed by atoms with Crippen molar-refractivity contribution in [3.05, 3.63) is 70.4 Å². The van der Waals surface area contributed by atoms with E-state index in [9.17, 15) is 18.0 Å². The van der Waals surface area contributed by atoms with Gasteiger partial charge in [-0.15, -0.1) is 11.3 Å². The summed E-state index contributed by atoms with van der Waals surface area (Å²) >= 11 is 1.38. The number of aryl methyl sites for hydroxylation is 2. The van der Waals surface area contributed by atoms with Crippen LogP contribution in [0.4, 0.5) is 13.2 Å². The van der Waals surface area contributed by atoms with E-state index < -0.39 is 17.7 Å². The largest absolute Gasteiger partial charge is 0.488 e. The molecule has 9 heteroatoms. The third kappa shape index (κ3) is 4.47. The van der Waals surface area contributed by atoms with Gasteiger partial charge in [0, 0.05) is 17.1 Å². The normalized spacial score (nSPS) is 11.8. The number of fused-ring (bicyclic) bond motifs is 1. The molecule has 5 nitrogen and oxygen atoms in total. The highest BCUT2D eigenvalue weighted by atomic mass is 32.1. The number of aromatic nitrogens is 2. The lowest BCUT2D eigenvalue weighted by atomic mass is 10.1. The number of hydrogen-bond acceptors (Lipinski definition) is 4. The number of benzene rings is 2. The number of alkyl halides is 3. The molecule has 0 fully saturated rings. The van der Waals surface area contributed by atoms with E-state index in [1.807, 2.05) is 32.0 Å². The van der Waals surface area contributed by atoms with Crippen molar-refractivity contribution < 1.29 is 27.8 Å². The lowest BCUT2D eigenvalue weighted by Crippen LogP contribution is -2.07. The van der Waals surface area contributed by atoms with Gasteiger partial charge < -0.3 is 14.4 Å². The number of carbonyl (C=O) groups is 1. The second kappa shape index (κ2) is 8.31. The van der Waals surface area contributed by atoms with Crippen molar-refractivity contribution in [2.45, 2.75) is 33.2 Å². The van der Waals surface area contributed by atoms with Gasteiger partial charge in [0.2, 0.25) is 0 Å². The average Bonchev–Trinajstić information content (AvgIpc) is 3.29. The maximum absolute atomic E-state index is 12.8. The number of halogens is 3. The molecule has 2 aromatic heterocycles. The molecule has 0 atom stereocenters. The Kier molecular flexibility index (Phi) is 5.68. The molecule has 0 radical (unpaired) electrons. The number of nitrogens with zero attached hydrogens (tertiary/aromatic N) is 2. The Labute approximate surface area is 185 Å². The number of rotatable bonds is 6. The highest BCUT2D eigenvalue weighted by molar-refractivity contribution is 7.15. The van der Waals surface area contributed by atoms with Crippen LogP contribution >= 0.6 is 11.3 Å². The Morgan fingerprint density at radius 1 is 1.16 bits per heavy atom. The van der Waals surface area contributed by atoms with Crippen molar-refractivity contribution in [2.75, 3.05) is 0 Å². The zero-order valence-electron chi connectivity index (χ0n) is 17.2. The van der Waals surface area contributed by atoms with Crippen molar-refractivity contribution in [3.8, 4) is 16.3 Å². The first kappa shape index (κ1) is 21.9. The van der Waals surface area contributed by atoms with Gasteiger partial charge in [-0.3, -0.25) is 4.79 Å². The van der Waals surface area contributed by atoms with Crippen molar-refractivity contribution in [1.82, 2.24) is 9.55 Å². The van der Waals surface area contributed by atoms with Gasteiger partial charge in [-0.2, -0.15) is 13.2 Å². The van der Waals surface area contributed by atoms with E-state index in [0.29, 0.717) is 16.3 Å². The lowest BCUT2D eigenvalue weighted by Gasteiger charge is -2.09. The quantitative estimate of drug-likeness (QED) is 0.380. The third-order valence-electron chi connectivity index (χ3n) is 5.05. The first-order valence-electron chi connectivity index (χ1n) is 9.70.